The van der Waals surface area contributed by atoms with Gasteiger partial charge in [0.25, 0.3) is 0 Å². The smallest absolute Gasteiger partial charge is 0.408 e. The van der Waals surface area contributed by atoms with Crippen molar-refractivity contribution in [2.45, 2.75) is 71.8 Å². The van der Waals surface area contributed by atoms with E-state index in [1.54, 1.807) is 41.5 Å². The van der Waals surface area contributed by atoms with Crippen molar-refractivity contribution in [2.75, 3.05) is 7.11 Å². The molecule has 29 heavy (non-hydrogen) atoms. The topological polar surface area (TPSA) is 103 Å². The van der Waals surface area contributed by atoms with Gasteiger partial charge in [-0.05, 0) is 52.7 Å². The minimum Gasteiger partial charge on any atom is -0.467 e. The highest BCUT2D eigenvalue weighted by Crippen LogP contribution is 2.12. The van der Waals surface area contributed by atoms with Crippen molar-refractivity contribution < 1.29 is 28.6 Å². The van der Waals surface area contributed by atoms with E-state index >= 15 is 0 Å². The normalized spacial score (nSPS) is 12.5. The molecule has 0 saturated heterocycles. The molecule has 0 unspecified atom stereocenters. The Morgan fingerprint density at radius 2 is 1.48 bits per heavy atom. The van der Waals surface area contributed by atoms with Crippen molar-refractivity contribution in [3.05, 3.63) is 35.4 Å². The molecule has 8 heteroatoms. The number of carbonyl (C=O) groups excluding carboxylic acids is 3. The summed E-state index contributed by atoms with van der Waals surface area (Å²) in [4.78, 5) is 35.9. The quantitative estimate of drug-likeness (QED) is 0.553. The van der Waals surface area contributed by atoms with Crippen molar-refractivity contribution in [1.29, 1.82) is 0 Å². The van der Waals surface area contributed by atoms with Crippen LogP contribution in [0.1, 0.15) is 52.7 Å². The van der Waals surface area contributed by atoms with E-state index in [0.717, 1.165) is 11.1 Å². The Labute approximate surface area is 172 Å². The molecule has 0 spiro atoms. The minimum atomic E-state index is -0.899. The van der Waals surface area contributed by atoms with Gasteiger partial charge in [-0.3, -0.25) is 0 Å². The van der Waals surface area contributed by atoms with Crippen LogP contribution in [0.4, 0.5) is 9.59 Å². The zero-order chi connectivity index (χ0) is 22.2. The summed E-state index contributed by atoms with van der Waals surface area (Å²) in [5.74, 6) is -0.576. The molecule has 0 saturated carbocycles. The Hall–Kier alpha value is -2.77. The van der Waals surface area contributed by atoms with E-state index in [0.29, 0.717) is 0 Å². The second-order valence-electron chi connectivity index (χ2n) is 8.60. The zero-order valence-corrected chi connectivity index (χ0v) is 18.3. The monoisotopic (exact) mass is 408 g/mol. The number of methoxy groups -OCH3 is 1. The Balaban J connectivity index is 2.77. The number of nitrogens with one attached hydrogen (secondary N) is 2. The molecule has 1 rings (SSSR count). The van der Waals surface area contributed by atoms with E-state index in [1.807, 2.05) is 24.3 Å². The molecule has 8 nitrogen and oxygen atoms in total. The van der Waals surface area contributed by atoms with Crippen molar-refractivity contribution in [3.8, 4) is 0 Å². The standard InChI is InChI=1S/C21H32N2O6/c1-20(2,3)28-18(25)22-13-15-10-8-9-14(11-15)12-16(17(24)27-7)23-19(26)29-21(4,5)6/h8-11,16H,12-13H2,1-7H3,(H,22,25)(H,23,26)/t16-/m0/s1. The lowest BCUT2D eigenvalue weighted by atomic mass is 10.0. The van der Waals surface area contributed by atoms with Crippen LogP contribution in [0.5, 0.6) is 0 Å². The van der Waals surface area contributed by atoms with Crippen LogP contribution in [0.2, 0.25) is 0 Å². The molecule has 0 fully saturated rings. The van der Waals surface area contributed by atoms with Gasteiger partial charge in [-0.25, -0.2) is 14.4 Å². The fourth-order valence-corrected chi connectivity index (χ4v) is 2.38. The Kier molecular flexibility index (Phi) is 8.48. The maximum Gasteiger partial charge on any atom is 0.408 e. The molecule has 0 aliphatic heterocycles. The van der Waals surface area contributed by atoms with Crippen LogP contribution in [0.25, 0.3) is 0 Å². The van der Waals surface area contributed by atoms with E-state index in [2.05, 4.69) is 10.6 Å². The summed E-state index contributed by atoms with van der Waals surface area (Å²) < 4.78 is 15.2. The number of alkyl carbamates (subject to hydrolysis) is 2. The predicted molar refractivity (Wildman–Crippen MR) is 108 cm³/mol. The summed E-state index contributed by atoms with van der Waals surface area (Å²) in [5.41, 5.74) is 0.361. The first-order valence-corrected chi connectivity index (χ1v) is 9.41. The van der Waals surface area contributed by atoms with E-state index in [1.165, 1.54) is 7.11 Å². The molecular weight excluding hydrogens is 376 g/mol. The second kappa shape index (κ2) is 10.1. The number of ether oxygens (including phenoxy) is 3. The van der Waals surface area contributed by atoms with Gasteiger partial charge in [-0.1, -0.05) is 24.3 Å². The minimum absolute atomic E-state index is 0.214. The van der Waals surface area contributed by atoms with E-state index in [4.69, 9.17) is 14.2 Å². The molecule has 0 bridgehead atoms. The van der Waals surface area contributed by atoms with Crippen LogP contribution < -0.4 is 10.6 Å². The van der Waals surface area contributed by atoms with Gasteiger partial charge >= 0.3 is 18.2 Å². The first-order valence-electron chi connectivity index (χ1n) is 9.41. The lowest BCUT2D eigenvalue weighted by Crippen LogP contribution is -2.45. The maximum atomic E-state index is 12.1. The fourth-order valence-electron chi connectivity index (χ4n) is 2.38. The molecule has 2 amide bonds. The van der Waals surface area contributed by atoms with E-state index in [-0.39, 0.29) is 13.0 Å². The summed E-state index contributed by atoms with van der Waals surface area (Å²) in [6.07, 6.45) is -0.996. The van der Waals surface area contributed by atoms with Gasteiger partial charge in [0.15, 0.2) is 0 Å². The van der Waals surface area contributed by atoms with E-state index in [9.17, 15) is 14.4 Å². The maximum absolute atomic E-state index is 12.1. The molecule has 1 aromatic rings. The highest BCUT2D eigenvalue weighted by atomic mass is 16.6. The number of amides is 2. The Bertz CT molecular complexity index is 719. The fraction of sp³-hybridized carbons (Fsp3) is 0.571. The largest absolute Gasteiger partial charge is 0.467 e. The molecule has 0 radical (unpaired) electrons. The Morgan fingerprint density at radius 3 is 2.03 bits per heavy atom. The number of esters is 1. The average Bonchev–Trinajstić information content (AvgIpc) is 2.56. The lowest BCUT2D eigenvalue weighted by molar-refractivity contribution is -0.143. The molecule has 162 valence electrons. The summed E-state index contributed by atoms with van der Waals surface area (Å²) in [5, 5.41) is 5.23. The summed E-state index contributed by atoms with van der Waals surface area (Å²) in [6.45, 7) is 10.8. The zero-order valence-electron chi connectivity index (χ0n) is 18.3. The Morgan fingerprint density at radius 1 is 0.931 bits per heavy atom. The molecule has 1 atom stereocenters. The molecule has 0 heterocycles. The van der Waals surface area contributed by atoms with E-state index < -0.39 is 35.4 Å². The number of hydrogen-bond acceptors (Lipinski definition) is 6. The van der Waals surface area contributed by atoms with Gasteiger partial charge in [-0.15, -0.1) is 0 Å². The van der Waals surface area contributed by atoms with Crippen LogP contribution >= 0.6 is 0 Å². The number of benzene rings is 1. The van der Waals surface area contributed by atoms with Crippen molar-refractivity contribution in [2.24, 2.45) is 0 Å². The number of carbonyl (C=O) groups is 3. The summed E-state index contributed by atoms with van der Waals surface area (Å²) in [7, 11) is 1.26. The van der Waals surface area contributed by atoms with Gasteiger partial charge in [0.05, 0.1) is 7.11 Å². The second-order valence-corrected chi connectivity index (χ2v) is 8.60. The molecule has 0 aliphatic rings. The van der Waals surface area contributed by atoms with Gasteiger partial charge in [0, 0.05) is 13.0 Å². The molecule has 0 aliphatic carbocycles. The van der Waals surface area contributed by atoms with Crippen molar-refractivity contribution in [1.82, 2.24) is 10.6 Å². The SMILES string of the molecule is COC(=O)[C@H](Cc1cccc(CNC(=O)OC(C)(C)C)c1)NC(=O)OC(C)(C)C. The molecule has 2 N–H and O–H groups in total. The first-order chi connectivity index (χ1) is 13.3. The van der Waals surface area contributed by atoms with Gasteiger partial charge < -0.3 is 24.8 Å². The summed E-state index contributed by atoms with van der Waals surface area (Å²) in [6, 6.07) is 6.41. The first kappa shape index (κ1) is 24.3. The van der Waals surface area contributed by atoms with Crippen LogP contribution in [-0.2, 0) is 32.0 Å². The number of rotatable bonds is 6. The average molecular weight is 408 g/mol. The molecule has 0 aromatic heterocycles. The third kappa shape index (κ3) is 10.4. The van der Waals surface area contributed by atoms with Gasteiger partial charge in [-0.2, -0.15) is 0 Å². The third-order valence-electron chi connectivity index (χ3n) is 3.44. The van der Waals surface area contributed by atoms with Crippen LogP contribution in [0, 0.1) is 0 Å². The van der Waals surface area contributed by atoms with Crippen LogP contribution in [0.15, 0.2) is 24.3 Å². The number of hydrogen-bond donors (Lipinski definition) is 2. The van der Waals surface area contributed by atoms with Gasteiger partial charge in [0.1, 0.15) is 17.2 Å². The summed E-state index contributed by atoms with van der Waals surface area (Å²) >= 11 is 0. The van der Waals surface area contributed by atoms with Crippen molar-refractivity contribution >= 4 is 18.2 Å². The highest BCUT2D eigenvalue weighted by Gasteiger charge is 2.25. The van der Waals surface area contributed by atoms with Gasteiger partial charge in [0.2, 0.25) is 0 Å². The predicted octanol–water partition coefficient (Wildman–Crippen LogP) is 3.32. The van der Waals surface area contributed by atoms with Crippen LogP contribution in [-0.4, -0.2) is 42.5 Å². The van der Waals surface area contributed by atoms with Crippen molar-refractivity contribution in [3.63, 3.8) is 0 Å². The third-order valence-corrected chi connectivity index (χ3v) is 3.44. The molecule has 1 aromatic carbocycles. The highest BCUT2D eigenvalue weighted by molar-refractivity contribution is 5.81. The van der Waals surface area contributed by atoms with Crippen LogP contribution in [0.3, 0.4) is 0 Å². The molecular formula is C21H32N2O6. The lowest BCUT2D eigenvalue weighted by Gasteiger charge is -2.22.